The number of ketones is 1. The lowest BCUT2D eigenvalue weighted by Crippen LogP contribution is -2.34. The largest absolute Gasteiger partial charge is 0.545 e. The number of aromatic carboxylic acids is 1. The Morgan fingerprint density at radius 1 is 1.05 bits per heavy atom. The van der Waals surface area contributed by atoms with Gasteiger partial charge in [-0.05, 0) is 29.8 Å². The Balaban J connectivity index is 1.75. The van der Waals surface area contributed by atoms with Crippen molar-refractivity contribution in [1.82, 2.24) is 0 Å². The van der Waals surface area contributed by atoms with Crippen LogP contribution in [0.4, 0.5) is 11.4 Å². The van der Waals surface area contributed by atoms with Crippen LogP contribution in [0, 0.1) is 0 Å². The van der Waals surface area contributed by atoms with E-state index in [1.165, 1.54) is 17.0 Å². The molecule has 0 saturated heterocycles. The van der Waals surface area contributed by atoms with Gasteiger partial charge in [0, 0.05) is 5.69 Å². The van der Waals surface area contributed by atoms with Gasteiger partial charge < -0.3 is 15.2 Å². The number of para-hydroxylation sites is 1. The molecule has 0 fully saturated rings. The van der Waals surface area contributed by atoms with Crippen LogP contribution in [0.3, 0.4) is 0 Å². The fraction of sp³-hybridized carbons (Fsp3) is 0.0625. The third-order valence-corrected chi connectivity index (χ3v) is 3.44. The van der Waals surface area contributed by atoms with Crippen LogP contribution in [0.25, 0.3) is 0 Å². The highest BCUT2D eigenvalue weighted by atomic mass is 16.4. The maximum atomic E-state index is 12.0. The van der Waals surface area contributed by atoms with E-state index in [-0.39, 0.29) is 12.2 Å². The summed E-state index contributed by atoms with van der Waals surface area (Å²) in [5.41, 5.74) is 1.66. The number of nitrogens with zero attached hydrogens (tertiary/aromatic N) is 1. The molecule has 0 bridgehead atoms. The van der Waals surface area contributed by atoms with E-state index in [0.29, 0.717) is 16.9 Å². The highest BCUT2D eigenvalue weighted by Gasteiger charge is 2.35. The zero-order chi connectivity index (χ0) is 15.7. The van der Waals surface area contributed by atoms with E-state index in [0.717, 1.165) is 0 Å². The number of carboxylic acid groups (broad SMARTS) is 1. The molecule has 2 aromatic rings. The van der Waals surface area contributed by atoms with Crippen LogP contribution in [0.15, 0.2) is 48.5 Å². The molecule has 1 amide bonds. The van der Waals surface area contributed by atoms with Crippen molar-refractivity contribution in [3.63, 3.8) is 0 Å². The molecule has 1 aliphatic rings. The molecule has 1 N–H and O–H groups in total. The second-order valence-corrected chi connectivity index (χ2v) is 4.78. The number of Topliss-reactive ketones (excluding diaryl/α,β-unsaturated/α-hetero) is 1. The number of benzene rings is 2. The van der Waals surface area contributed by atoms with E-state index in [1.54, 1.807) is 36.4 Å². The lowest BCUT2D eigenvalue weighted by Gasteiger charge is -2.18. The summed E-state index contributed by atoms with van der Waals surface area (Å²) in [5.74, 6) is -2.36. The highest BCUT2D eigenvalue weighted by molar-refractivity contribution is 6.52. The van der Waals surface area contributed by atoms with E-state index in [2.05, 4.69) is 5.32 Å². The molecule has 0 unspecified atom stereocenters. The van der Waals surface area contributed by atoms with Crippen LogP contribution in [0.5, 0.6) is 0 Å². The van der Waals surface area contributed by atoms with Gasteiger partial charge in [-0.2, -0.15) is 0 Å². The minimum Gasteiger partial charge on any atom is -0.545 e. The SMILES string of the molecule is O=C([O-])c1ccc(NCN2C(=O)C(=O)c3ccccc32)cc1. The van der Waals surface area contributed by atoms with Crippen LogP contribution in [-0.4, -0.2) is 24.3 Å². The molecule has 6 nitrogen and oxygen atoms in total. The van der Waals surface area contributed by atoms with Gasteiger partial charge in [0.25, 0.3) is 5.78 Å². The third kappa shape index (κ3) is 2.31. The Morgan fingerprint density at radius 2 is 1.73 bits per heavy atom. The first-order valence-corrected chi connectivity index (χ1v) is 6.58. The molecule has 1 aliphatic heterocycles. The molecule has 0 radical (unpaired) electrons. The summed E-state index contributed by atoms with van der Waals surface area (Å²) < 4.78 is 0. The summed E-state index contributed by atoms with van der Waals surface area (Å²) in [7, 11) is 0. The van der Waals surface area contributed by atoms with Crippen LogP contribution in [0.2, 0.25) is 0 Å². The first-order valence-electron chi connectivity index (χ1n) is 6.58. The average Bonchev–Trinajstić information content (AvgIpc) is 2.78. The normalized spacial score (nSPS) is 13.2. The minimum absolute atomic E-state index is 0.0725. The summed E-state index contributed by atoms with van der Waals surface area (Å²) in [4.78, 5) is 35.8. The molecule has 6 heteroatoms. The van der Waals surface area contributed by atoms with E-state index in [9.17, 15) is 19.5 Å². The second-order valence-electron chi connectivity index (χ2n) is 4.78. The van der Waals surface area contributed by atoms with Gasteiger partial charge in [-0.1, -0.05) is 24.3 Å². The molecule has 2 aromatic carbocycles. The van der Waals surface area contributed by atoms with Gasteiger partial charge in [-0.25, -0.2) is 0 Å². The van der Waals surface area contributed by atoms with Crippen molar-refractivity contribution in [2.45, 2.75) is 0 Å². The van der Waals surface area contributed by atoms with Crippen molar-refractivity contribution < 1.29 is 19.5 Å². The molecule has 22 heavy (non-hydrogen) atoms. The van der Waals surface area contributed by atoms with Gasteiger partial charge >= 0.3 is 5.91 Å². The fourth-order valence-corrected chi connectivity index (χ4v) is 2.30. The van der Waals surface area contributed by atoms with Gasteiger partial charge in [-0.3, -0.25) is 14.5 Å². The summed E-state index contributed by atoms with van der Waals surface area (Å²) in [6, 6.07) is 12.7. The van der Waals surface area contributed by atoms with Gasteiger partial charge in [0.2, 0.25) is 0 Å². The van der Waals surface area contributed by atoms with Crippen LogP contribution in [-0.2, 0) is 4.79 Å². The molecule has 0 atom stereocenters. The van der Waals surface area contributed by atoms with Crippen LogP contribution >= 0.6 is 0 Å². The predicted octanol–water partition coefficient (Wildman–Crippen LogP) is 0.649. The monoisotopic (exact) mass is 295 g/mol. The Hall–Kier alpha value is -3.15. The molecule has 110 valence electrons. The number of carboxylic acids is 1. The lowest BCUT2D eigenvalue weighted by molar-refractivity contribution is -0.255. The summed E-state index contributed by atoms with van der Waals surface area (Å²) in [5, 5.41) is 13.7. The van der Waals surface area contributed by atoms with E-state index < -0.39 is 17.7 Å². The number of hydrogen-bond acceptors (Lipinski definition) is 5. The molecule has 3 rings (SSSR count). The van der Waals surface area contributed by atoms with E-state index >= 15 is 0 Å². The van der Waals surface area contributed by atoms with E-state index in [4.69, 9.17) is 0 Å². The first kappa shape index (κ1) is 13.8. The van der Waals surface area contributed by atoms with Gasteiger partial charge in [-0.15, -0.1) is 0 Å². The standard InChI is InChI=1S/C16H12N2O4/c19-14-12-3-1-2-4-13(12)18(15(14)20)9-17-11-7-5-10(6-8-11)16(21)22/h1-8,17H,9H2,(H,21,22)/p-1. The smallest absolute Gasteiger partial charge is 0.300 e. The number of amides is 1. The Bertz CT molecular complexity index is 768. The third-order valence-electron chi connectivity index (χ3n) is 3.44. The number of fused-ring (bicyclic) bond motifs is 1. The number of anilines is 2. The second kappa shape index (κ2) is 5.33. The molecule has 0 spiro atoms. The maximum absolute atomic E-state index is 12.0. The number of rotatable bonds is 4. The Kier molecular flexibility index (Phi) is 3.34. The fourth-order valence-electron chi connectivity index (χ4n) is 2.30. The van der Waals surface area contributed by atoms with Gasteiger partial charge in [0.1, 0.15) is 0 Å². The number of hydrogen-bond donors (Lipinski definition) is 1. The summed E-state index contributed by atoms with van der Waals surface area (Å²) in [6.45, 7) is 0.117. The molecule has 0 aliphatic carbocycles. The summed E-state index contributed by atoms with van der Waals surface area (Å²) >= 11 is 0. The highest BCUT2D eigenvalue weighted by Crippen LogP contribution is 2.28. The lowest BCUT2D eigenvalue weighted by atomic mass is 10.1. The molecular weight excluding hydrogens is 284 g/mol. The predicted molar refractivity (Wildman–Crippen MR) is 77.5 cm³/mol. The molecule has 0 aromatic heterocycles. The summed E-state index contributed by atoms with van der Waals surface area (Å²) in [6.07, 6.45) is 0. The van der Waals surface area contributed by atoms with Crippen molar-refractivity contribution >= 4 is 29.0 Å². The van der Waals surface area contributed by atoms with Crippen molar-refractivity contribution in [2.75, 3.05) is 16.9 Å². The minimum atomic E-state index is -1.25. The number of carbonyl (C=O) groups is 3. The quantitative estimate of drug-likeness (QED) is 0.836. The van der Waals surface area contributed by atoms with Crippen molar-refractivity contribution in [3.8, 4) is 0 Å². The molecular formula is C16H11N2O4-. The Labute approximate surface area is 126 Å². The van der Waals surface area contributed by atoms with Crippen molar-refractivity contribution in [1.29, 1.82) is 0 Å². The maximum Gasteiger partial charge on any atom is 0.300 e. The number of carbonyl (C=O) groups excluding carboxylic acids is 3. The van der Waals surface area contributed by atoms with Crippen molar-refractivity contribution in [3.05, 3.63) is 59.7 Å². The zero-order valence-electron chi connectivity index (χ0n) is 11.4. The molecule has 1 heterocycles. The van der Waals surface area contributed by atoms with Crippen LogP contribution in [0.1, 0.15) is 20.7 Å². The zero-order valence-corrected chi connectivity index (χ0v) is 11.4. The van der Waals surface area contributed by atoms with Gasteiger partial charge in [0.15, 0.2) is 0 Å². The van der Waals surface area contributed by atoms with Crippen molar-refractivity contribution in [2.24, 2.45) is 0 Å². The molecule has 0 saturated carbocycles. The van der Waals surface area contributed by atoms with Gasteiger partial charge in [0.05, 0.1) is 23.9 Å². The van der Waals surface area contributed by atoms with Crippen LogP contribution < -0.4 is 15.3 Å². The Morgan fingerprint density at radius 3 is 2.41 bits per heavy atom. The topological polar surface area (TPSA) is 89.5 Å². The number of nitrogens with one attached hydrogen (secondary N) is 1. The van der Waals surface area contributed by atoms with E-state index in [1.807, 2.05) is 0 Å². The average molecular weight is 295 g/mol. The first-order chi connectivity index (χ1) is 10.6.